The fourth-order valence-electron chi connectivity index (χ4n) is 2.86. The number of amides is 1. The number of aromatic nitrogens is 4. The first-order chi connectivity index (χ1) is 9.79. The predicted molar refractivity (Wildman–Crippen MR) is 80.3 cm³/mol. The molecular weight excluding hydrogens is 266 g/mol. The van der Waals surface area contributed by atoms with Gasteiger partial charge in [-0.25, -0.2) is 4.68 Å². The largest absolute Gasteiger partial charge is 0.311 e. The van der Waals surface area contributed by atoms with Crippen LogP contribution in [0.3, 0.4) is 0 Å². The molecule has 0 fully saturated rings. The van der Waals surface area contributed by atoms with Gasteiger partial charge in [0.1, 0.15) is 5.82 Å². The monoisotopic (exact) mass is 287 g/mol. The zero-order valence-electron chi connectivity index (χ0n) is 13.1. The van der Waals surface area contributed by atoms with Crippen LogP contribution in [-0.2, 0) is 17.4 Å². The van der Waals surface area contributed by atoms with E-state index in [2.05, 4.69) is 36.3 Å². The highest BCUT2D eigenvalue weighted by Gasteiger charge is 2.33. The van der Waals surface area contributed by atoms with Crippen LogP contribution in [0.5, 0.6) is 0 Å². The van der Waals surface area contributed by atoms with Crippen molar-refractivity contribution in [1.29, 1.82) is 0 Å². The number of rotatable bonds is 1. The molecule has 0 aliphatic carbocycles. The van der Waals surface area contributed by atoms with Crippen molar-refractivity contribution in [2.24, 2.45) is 7.05 Å². The van der Waals surface area contributed by atoms with Gasteiger partial charge in [-0.2, -0.15) is 10.2 Å². The predicted octanol–water partition coefficient (Wildman–Crippen LogP) is 2.15. The summed E-state index contributed by atoms with van der Waals surface area (Å²) in [6.45, 7) is 8.25. The number of hydrogen-bond donors (Lipinski definition) is 1. The van der Waals surface area contributed by atoms with Gasteiger partial charge in [-0.1, -0.05) is 0 Å². The molecule has 1 amide bonds. The molecule has 0 aromatic carbocycles. The summed E-state index contributed by atoms with van der Waals surface area (Å²) >= 11 is 0. The molecule has 0 spiro atoms. The van der Waals surface area contributed by atoms with E-state index in [9.17, 15) is 4.79 Å². The Morgan fingerprint density at radius 3 is 2.48 bits per heavy atom. The molecule has 1 atom stereocenters. The number of aryl methyl sites for hydroxylation is 1. The van der Waals surface area contributed by atoms with Crippen LogP contribution < -0.4 is 5.32 Å². The van der Waals surface area contributed by atoms with Crippen molar-refractivity contribution in [1.82, 2.24) is 19.6 Å². The van der Waals surface area contributed by atoms with E-state index < -0.39 is 0 Å². The highest BCUT2D eigenvalue weighted by molar-refractivity contribution is 5.94. The van der Waals surface area contributed by atoms with Crippen molar-refractivity contribution in [2.45, 2.75) is 45.6 Å². The van der Waals surface area contributed by atoms with Crippen LogP contribution in [0.15, 0.2) is 12.4 Å². The molecule has 1 N–H and O–H groups in total. The quantitative estimate of drug-likeness (QED) is 0.874. The molecule has 21 heavy (non-hydrogen) atoms. The Morgan fingerprint density at radius 1 is 1.24 bits per heavy atom. The number of nitrogens with zero attached hydrogens (tertiary/aromatic N) is 4. The first-order valence-corrected chi connectivity index (χ1v) is 7.16. The zero-order valence-corrected chi connectivity index (χ0v) is 13.1. The molecule has 1 aliphatic heterocycles. The number of carbonyl (C=O) groups is 1. The normalized spacial score (nSPS) is 18.5. The minimum atomic E-state index is -0.174. The van der Waals surface area contributed by atoms with Crippen LogP contribution in [0, 0.1) is 6.92 Å². The molecule has 0 unspecified atom stereocenters. The van der Waals surface area contributed by atoms with Gasteiger partial charge in [-0.3, -0.25) is 9.48 Å². The summed E-state index contributed by atoms with van der Waals surface area (Å²) < 4.78 is 3.73. The first kappa shape index (κ1) is 13.9. The minimum Gasteiger partial charge on any atom is -0.311 e. The van der Waals surface area contributed by atoms with E-state index in [1.807, 2.05) is 35.7 Å². The Kier molecular flexibility index (Phi) is 2.93. The second-order valence-corrected chi connectivity index (χ2v) is 6.64. The van der Waals surface area contributed by atoms with Crippen LogP contribution in [0.25, 0.3) is 0 Å². The third-order valence-corrected chi connectivity index (χ3v) is 4.10. The molecule has 1 aliphatic rings. The molecule has 2 aromatic heterocycles. The maximum absolute atomic E-state index is 12.1. The van der Waals surface area contributed by atoms with E-state index in [4.69, 9.17) is 0 Å². The lowest BCUT2D eigenvalue weighted by molar-refractivity contribution is -0.116. The Balaban J connectivity index is 2.13. The smallest absolute Gasteiger partial charge is 0.226 e. The summed E-state index contributed by atoms with van der Waals surface area (Å²) in [6.07, 6.45) is 4.17. The van der Waals surface area contributed by atoms with Crippen LogP contribution in [0.2, 0.25) is 0 Å². The van der Waals surface area contributed by atoms with E-state index in [0.717, 1.165) is 22.6 Å². The van der Waals surface area contributed by atoms with Gasteiger partial charge in [-0.15, -0.1) is 0 Å². The fourth-order valence-corrected chi connectivity index (χ4v) is 2.86. The SMILES string of the molecule is Cc1c([C@@H]2CC(=O)Nc3c2cnn3C(C)(C)C)cnn1C. The van der Waals surface area contributed by atoms with Crippen molar-refractivity contribution in [3.63, 3.8) is 0 Å². The van der Waals surface area contributed by atoms with Gasteiger partial charge < -0.3 is 5.32 Å². The van der Waals surface area contributed by atoms with Crippen molar-refractivity contribution >= 4 is 11.7 Å². The van der Waals surface area contributed by atoms with Gasteiger partial charge in [-0.05, 0) is 27.7 Å². The van der Waals surface area contributed by atoms with Crippen LogP contribution in [-0.4, -0.2) is 25.5 Å². The highest BCUT2D eigenvalue weighted by atomic mass is 16.1. The lowest BCUT2D eigenvalue weighted by atomic mass is 9.87. The Hall–Kier alpha value is -2.11. The number of hydrogen-bond acceptors (Lipinski definition) is 3. The van der Waals surface area contributed by atoms with Gasteiger partial charge in [0.05, 0.1) is 17.9 Å². The summed E-state index contributed by atoms with van der Waals surface area (Å²) in [4.78, 5) is 12.1. The van der Waals surface area contributed by atoms with Crippen molar-refractivity contribution in [3.05, 3.63) is 29.2 Å². The summed E-state index contributed by atoms with van der Waals surface area (Å²) in [5.74, 6) is 0.868. The van der Waals surface area contributed by atoms with Gasteiger partial charge in [0.25, 0.3) is 0 Å². The van der Waals surface area contributed by atoms with Crippen molar-refractivity contribution < 1.29 is 4.79 Å². The number of carbonyl (C=O) groups excluding carboxylic acids is 1. The molecule has 0 saturated carbocycles. The van der Waals surface area contributed by atoms with Crippen LogP contribution in [0.4, 0.5) is 5.82 Å². The lowest BCUT2D eigenvalue weighted by Gasteiger charge is -2.27. The van der Waals surface area contributed by atoms with Crippen LogP contribution >= 0.6 is 0 Å². The van der Waals surface area contributed by atoms with Crippen LogP contribution in [0.1, 0.15) is 49.9 Å². The van der Waals surface area contributed by atoms with Gasteiger partial charge in [0, 0.05) is 36.2 Å². The molecule has 3 heterocycles. The molecular formula is C15H21N5O. The molecule has 112 valence electrons. The standard InChI is InChI=1S/C15H21N5O/c1-9-11(7-16-19(9)5)10-6-13(21)18-14-12(10)8-17-20(14)15(2,3)4/h7-8,10H,6H2,1-5H3,(H,18,21)/t10-/m0/s1. The summed E-state index contributed by atoms with van der Waals surface area (Å²) in [5, 5.41) is 11.8. The fraction of sp³-hybridized carbons (Fsp3) is 0.533. The molecule has 3 rings (SSSR count). The molecule has 2 aromatic rings. The number of fused-ring (bicyclic) bond motifs is 1. The molecule has 6 nitrogen and oxygen atoms in total. The first-order valence-electron chi connectivity index (χ1n) is 7.16. The Labute approximate surface area is 124 Å². The van der Waals surface area contributed by atoms with Gasteiger partial charge in [0.15, 0.2) is 0 Å². The van der Waals surface area contributed by atoms with E-state index in [1.165, 1.54) is 0 Å². The average Bonchev–Trinajstić information content (AvgIpc) is 2.93. The maximum atomic E-state index is 12.1. The maximum Gasteiger partial charge on any atom is 0.226 e. The van der Waals surface area contributed by atoms with E-state index in [-0.39, 0.29) is 17.4 Å². The van der Waals surface area contributed by atoms with Gasteiger partial charge in [0.2, 0.25) is 5.91 Å². The topological polar surface area (TPSA) is 64.7 Å². The molecule has 0 radical (unpaired) electrons. The van der Waals surface area contributed by atoms with Gasteiger partial charge >= 0.3 is 0 Å². The second kappa shape index (κ2) is 4.44. The summed E-state index contributed by atoms with van der Waals surface area (Å²) in [6, 6.07) is 0. The zero-order chi connectivity index (χ0) is 15.4. The van der Waals surface area contributed by atoms with E-state index in [0.29, 0.717) is 6.42 Å². The summed E-state index contributed by atoms with van der Waals surface area (Å²) in [5.41, 5.74) is 3.08. The second-order valence-electron chi connectivity index (χ2n) is 6.64. The average molecular weight is 287 g/mol. The third kappa shape index (κ3) is 2.14. The summed E-state index contributed by atoms with van der Waals surface area (Å²) in [7, 11) is 1.92. The van der Waals surface area contributed by atoms with Crippen molar-refractivity contribution in [2.75, 3.05) is 5.32 Å². The third-order valence-electron chi connectivity index (χ3n) is 4.10. The molecule has 6 heteroatoms. The Morgan fingerprint density at radius 2 is 1.90 bits per heavy atom. The number of nitrogens with one attached hydrogen (secondary N) is 1. The number of anilines is 1. The highest BCUT2D eigenvalue weighted by Crippen LogP contribution is 2.39. The van der Waals surface area contributed by atoms with E-state index in [1.54, 1.807) is 0 Å². The van der Waals surface area contributed by atoms with E-state index >= 15 is 0 Å². The van der Waals surface area contributed by atoms with Crippen molar-refractivity contribution in [3.8, 4) is 0 Å². The lowest BCUT2D eigenvalue weighted by Crippen LogP contribution is -2.30. The molecule has 0 saturated heterocycles. The Bertz CT molecular complexity index is 704. The minimum absolute atomic E-state index is 0.0264. The molecule has 0 bridgehead atoms.